The van der Waals surface area contributed by atoms with Crippen LogP contribution in [-0.2, 0) is 14.3 Å². The van der Waals surface area contributed by atoms with Gasteiger partial charge in [0.2, 0.25) is 5.91 Å². The van der Waals surface area contributed by atoms with E-state index in [9.17, 15) is 14.7 Å². The van der Waals surface area contributed by atoms with Gasteiger partial charge in [0.25, 0.3) is 5.91 Å². The molecule has 0 radical (unpaired) electrons. The standard InChI is InChI=1S/C13H27N3O4.ClH/c1-4-5-6-10(14)11(17)13(19)16-9(2)12(18)15-7-8-20-3;/h9-11,17H,4-8,14H2,1-3H3,(H,15,18)(H,16,19);1H/t9-,10?,11?;/m0./s1. The minimum Gasteiger partial charge on any atom is -0.383 e. The van der Waals surface area contributed by atoms with Crippen molar-refractivity contribution in [1.82, 2.24) is 10.6 Å². The fourth-order valence-electron chi connectivity index (χ4n) is 1.59. The van der Waals surface area contributed by atoms with Gasteiger partial charge in [0.15, 0.2) is 0 Å². The second-order valence-corrected chi connectivity index (χ2v) is 4.77. The number of carbonyl (C=O) groups excluding carboxylic acids is 2. The molecular weight excluding hydrogens is 298 g/mol. The SMILES string of the molecule is CCCCC(N)C(O)C(=O)N[C@@H](C)C(=O)NCCOC.Cl. The molecule has 126 valence electrons. The molecule has 0 aliphatic rings. The van der Waals surface area contributed by atoms with Crippen molar-refractivity contribution in [3.8, 4) is 0 Å². The molecule has 5 N–H and O–H groups in total. The first-order valence-corrected chi connectivity index (χ1v) is 6.94. The van der Waals surface area contributed by atoms with Crippen LogP contribution in [0.25, 0.3) is 0 Å². The lowest BCUT2D eigenvalue weighted by Crippen LogP contribution is -2.52. The van der Waals surface area contributed by atoms with Gasteiger partial charge in [0, 0.05) is 19.7 Å². The molecule has 3 atom stereocenters. The maximum Gasteiger partial charge on any atom is 0.251 e. The Kier molecular flexibility index (Phi) is 13.7. The van der Waals surface area contributed by atoms with Crippen molar-refractivity contribution < 1.29 is 19.4 Å². The van der Waals surface area contributed by atoms with E-state index in [-0.39, 0.29) is 18.3 Å². The summed E-state index contributed by atoms with van der Waals surface area (Å²) in [6.07, 6.45) is 1.06. The van der Waals surface area contributed by atoms with Crippen molar-refractivity contribution in [2.45, 2.75) is 51.3 Å². The molecule has 0 aliphatic carbocycles. The zero-order chi connectivity index (χ0) is 15.5. The van der Waals surface area contributed by atoms with E-state index in [1.165, 1.54) is 7.11 Å². The first kappa shape index (κ1) is 22.4. The molecule has 21 heavy (non-hydrogen) atoms. The quantitative estimate of drug-likeness (QED) is 0.406. The zero-order valence-electron chi connectivity index (χ0n) is 12.9. The lowest BCUT2D eigenvalue weighted by molar-refractivity contribution is -0.134. The van der Waals surface area contributed by atoms with Gasteiger partial charge in [-0.3, -0.25) is 9.59 Å². The van der Waals surface area contributed by atoms with Crippen molar-refractivity contribution in [3.63, 3.8) is 0 Å². The Morgan fingerprint density at radius 2 is 1.95 bits per heavy atom. The normalized spacial score (nSPS) is 14.5. The van der Waals surface area contributed by atoms with Gasteiger partial charge >= 0.3 is 0 Å². The van der Waals surface area contributed by atoms with Crippen LogP contribution < -0.4 is 16.4 Å². The number of rotatable bonds is 10. The molecule has 2 unspecified atom stereocenters. The van der Waals surface area contributed by atoms with Gasteiger partial charge in [0.05, 0.1) is 6.61 Å². The van der Waals surface area contributed by atoms with Crippen molar-refractivity contribution in [1.29, 1.82) is 0 Å². The van der Waals surface area contributed by atoms with Gasteiger partial charge in [-0.15, -0.1) is 12.4 Å². The first-order chi connectivity index (χ1) is 9.43. The number of nitrogens with two attached hydrogens (primary N) is 1. The number of aliphatic hydroxyl groups is 1. The summed E-state index contributed by atoms with van der Waals surface area (Å²) >= 11 is 0. The third kappa shape index (κ3) is 9.62. The fourth-order valence-corrected chi connectivity index (χ4v) is 1.59. The van der Waals surface area contributed by atoms with Crippen LogP contribution in [0, 0.1) is 0 Å². The van der Waals surface area contributed by atoms with E-state index in [1.54, 1.807) is 6.92 Å². The van der Waals surface area contributed by atoms with Crippen molar-refractivity contribution in [2.24, 2.45) is 5.73 Å². The lowest BCUT2D eigenvalue weighted by Gasteiger charge is -2.20. The Morgan fingerprint density at radius 1 is 1.33 bits per heavy atom. The maximum absolute atomic E-state index is 11.7. The second kappa shape index (κ2) is 12.8. The van der Waals surface area contributed by atoms with E-state index in [1.807, 2.05) is 6.92 Å². The minimum absolute atomic E-state index is 0. The highest BCUT2D eigenvalue weighted by molar-refractivity contribution is 5.89. The van der Waals surface area contributed by atoms with Gasteiger partial charge in [-0.1, -0.05) is 19.8 Å². The highest BCUT2D eigenvalue weighted by Gasteiger charge is 2.25. The van der Waals surface area contributed by atoms with E-state index >= 15 is 0 Å². The highest BCUT2D eigenvalue weighted by atomic mass is 35.5. The summed E-state index contributed by atoms with van der Waals surface area (Å²) in [5, 5.41) is 14.8. The zero-order valence-corrected chi connectivity index (χ0v) is 13.7. The Bertz CT molecular complexity index is 305. The van der Waals surface area contributed by atoms with Crippen molar-refractivity contribution in [3.05, 3.63) is 0 Å². The average Bonchev–Trinajstić information content (AvgIpc) is 2.43. The molecule has 0 aromatic rings. The molecule has 0 spiro atoms. The Morgan fingerprint density at radius 3 is 2.48 bits per heavy atom. The van der Waals surface area contributed by atoms with Gasteiger partial charge in [0.1, 0.15) is 12.1 Å². The largest absolute Gasteiger partial charge is 0.383 e. The summed E-state index contributed by atoms with van der Waals surface area (Å²) < 4.78 is 4.80. The molecule has 0 aromatic heterocycles. The number of nitrogens with one attached hydrogen (secondary N) is 2. The molecule has 0 aromatic carbocycles. The number of hydrogen-bond donors (Lipinski definition) is 4. The van der Waals surface area contributed by atoms with E-state index < -0.39 is 24.1 Å². The van der Waals surface area contributed by atoms with Crippen molar-refractivity contribution in [2.75, 3.05) is 20.3 Å². The van der Waals surface area contributed by atoms with Crippen LogP contribution in [0.15, 0.2) is 0 Å². The summed E-state index contributed by atoms with van der Waals surface area (Å²) in [4.78, 5) is 23.4. The lowest BCUT2D eigenvalue weighted by atomic mass is 10.0. The number of carbonyl (C=O) groups is 2. The van der Waals surface area contributed by atoms with Crippen LogP contribution in [0.4, 0.5) is 0 Å². The summed E-state index contributed by atoms with van der Waals surface area (Å²) in [7, 11) is 1.53. The summed E-state index contributed by atoms with van der Waals surface area (Å²) in [6.45, 7) is 4.32. The monoisotopic (exact) mass is 325 g/mol. The molecule has 8 heteroatoms. The van der Waals surface area contributed by atoms with Gasteiger partial charge in [-0.05, 0) is 13.3 Å². The van der Waals surface area contributed by atoms with Crippen LogP contribution in [0.2, 0.25) is 0 Å². The molecule has 0 saturated heterocycles. The average molecular weight is 326 g/mol. The smallest absolute Gasteiger partial charge is 0.251 e. The summed E-state index contributed by atoms with van der Waals surface area (Å²) in [5.74, 6) is -0.951. The Hall–Kier alpha value is -0.890. The number of ether oxygens (including phenoxy) is 1. The number of unbranched alkanes of at least 4 members (excludes halogenated alkanes) is 1. The number of amides is 2. The molecule has 0 fully saturated rings. The second-order valence-electron chi connectivity index (χ2n) is 4.77. The molecule has 7 nitrogen and oxygen atoms in total. The van der Waals surface area contributed by atoms with E-state index in [4.69, 9.17) is 10.5 Å². The number of aliphatic hydroxyl groups excluding tert-OH is 1. The van der Waals surface area contributed by atoms with Crippen LogP contribution in [-0.4, -0.2) is 55.4 Å². The number of halogens is 1. The van der Waals surface area contributed by atoms with Crippen LogP contribution in [0.1, 0.15) is 33.1 Å². The van der Waals surface area contributed by atoms with E-state index in [2.05, 4.69) is 10.6 Å². The van der Waals surface area contributed by atoms with Gasteiger partial charge in [-0.25, -0.2) is 0 Å². The first-order valence-electron chi connectivity index (χ1n) is 6.94. The summed E-state index contributed by atoms with van der Waals surface area (Å²) in [5.41, 5.74) is 5.73. The third-order valence-electron chi connectivity index (χ3n) is 2.92. The molecule has 0 rings (SSSR count). The van der Waals surface area contributed by atoms with E-state index in [0.717, 1.165) is 12.8 Å². The highest BCUT2D eigenvalue weighted by Crippen LogP contribution is 2.03. The Labute approximate surface area is 132 Å². The predicted molar refractivity (Wildman–Crippen MR) is 83.2 cm³/mol. The third-order valence-corrected chi connectivity index (χ3v) is 2.92. The van der Waals surface area contributed by atoms with E-state index in [0.29, 0.717) is 19.6 Å². The van der Waals surface area contributed by atoms with Gasteiger partial charge < -0.3 is 26.2 Å². The predicted octanol–water partition coefficient (Wildman–Crippen LogP) is -0.446. The topological polar surface area (TPSA) is 114 Å². The summed E-state index contributed by atoms with van der Waals surface area (Å²) in [6, 6.07) is -1.34. The molecule has 0 heterocycles. The molecular formula is C13H28ClN3O4. The molecule has 0 aliphatic heterocycles. The number of methoxy groups -OCH3 is 1. The van der Waals surface area contributed by atoms with Crippen LogP contribution >= 0.6 is 12.4 Å². The molecule has 2 amide bonds. The van der Waals surface area contributed by atoms with Crippen LogP contribution in [0.3, 0.4) is 0 Å². The molecule has 0 bridgehead atoms. The Balaban J connectivity index is 0. The maximum atomic E-state index is 11.7. The molecule has 0 saturated carbocycles. The van der Waals surface area contributed by atoms with Crippen LogP contribution in [0.5, 0.6) is 0 Å². The number of hydrogen-bond acceptors (Lipinski definition) is 5. The minimum atomic E-state index is -1.30. The van der Waals surface area contributed by atoms with Crippen molar-refractivity contribution >= 4 is 24.2 Å². The fraction of sp³-hybridized carbons (Fsp3) is 0.846. The van der Waals surface area contributed by atoms with Gasteiger partial charge in [-0.2, -0.15) is 0 Å².